The summed E-state index contributed by atoms with van der Waals surface area (Å²) in [6.07, 6.45) is 0.844. The van der Waals surface area contributed by atoms with Crippen LogP contribution in [-0.4, -0.2) is 14.6 Å². The Balaban J connectivity index is 1.83. The van der Waals surface area contributed by atoms with Gasteiger partial charge in [0.25, 0.3) is 0 Å². The van der Waals surface area contributed by atoms with Crippen LogP contribution in [0.4, 0.5) is 0 Å². The summed E-state index contributed by atoms with van der Waals surface area (Å²) in [5.74, 6) is 0. The first-order valence-electron chi connectivity index (χ1n) is 7.75. The van der Waals surface area contributed by atoms with Crippen LogP contribution in [0, 0.1) is 6.92 Å². The smallest absolute Gasteiger partial charge is 0.156 e. The number of benzene rings is 2. The highest BCUT2D eigenvalue weighted by atomic mass is 15.3. The molecular weight excluding hydrogens is 282 g/mol. The molecule has 2 heterocycles. The molecule has 2 aromatic carbocycles. The average Bonchev–Trinajstić information content (AvgIpc) is 3.01. The fourth-order valence-electron chi connectivity index (χ4n) is 2.86. The van der Waals surface area contributed by atoms with Gasteiger partial charge in [0.2, 0.25) is 0 Å². The van der Waals surface area contributed by atoms with Crippen molar-refractivity contribution in [2.75, 3.05) is 0 Å². The van der Waals surface area contributed by atoms with E-state index < -0.39 is 0 Å². The minimum absolute atomic E-state index is 0.844. The van der Waals surface area contributed by atoms with Crippen molar-refractivity contribution in [2.45, 2.75) is 13.3 Å². The molecule has 0 atom stereocenters. The van der Waals surface area contributed by atoms with Gasteiger partial charge in [-0.2, -0.15) is 5.10 Å². The minimum Gasteiger partial charge on any atom is -0.234 e. The van der Waals surface area contributed by atoms with Crippen molar-refractivity contribution >= 4 is 5.65 Å². The Bertz CT molecular complexity index is 941. The normalized spacial score (nSPS) is 11.0. The summed E-state index contributed by atoms with van der Waals surface area (Å²) >= 11 is 0. The second-order valence-electron chi connectivity index (χ2n) is 5.72. The standard InChI is InChI=1S/C20H17N3/c1-15-12-18(13-16-8-4-2-5-9-16)23-20(21-15)14-19(22-23)17-10-6-3-7-11-17/h2-12,14H,13H2,1H3. The van der Waals surface area contributed by atoms with Crippen LogP contribution in [0.3, 0.4) is 0 Å². The topological polar surface area (TPSA) is 30.2 Å². The van der Waals surface area contributed by atoms with Gasteiger partial charge in [0, 0.05) is 23.7 Å². The van der Waals surface area contributed by atoms with Crippen LogP contribution in [0.15, 0.2) is 72.8 Å². The lowest BCUT2D eigenvalue weighted by molar-refractivity contribution is 0.857. The van der Waals surface area contributed by atoms with Crippen molar-refractivity contribution in [3.63, 3.8) is 0 Å². The Labute approximate surface area is 135 Å². The Hall–Kier alpha value is -2.94. The first-order chi connectivity index (χ1) is 11.3. The molecule has 0 saturated carbocycles. The van der Waals surface area contributed by atoms with E-state index in [1.807, 2.05) is 35.7 Å². The molecule has 3 heteroatoms. The van der Waals surface area contributed by atoms with Gasteiger partial charge in [-0.05, 0) is 18.6 Å². The summed E-state index contributed by atoms with van der Waals surface area (Å²) < 4.78 is 1.96. The zero-order valence-corrected chi connectivity index (χ0v) is 13.0. The lowest BCUT2D eigenvalue weighted by Gasteiger charge is -2.06. The lowest BCUT2D eigenvalue weighted by Crippen LogP contribution is -2.02. The zero-order chi connectivity index (χ0) is 15.6. The quantitative estimate of drug-likeness (QED) is 0.565. The van der Waals surface area contributed by atoms with Crippen LogP contribution in [0.25, 0.3) is 16.9 Å². The SMILES string of the molecule is Cc1cc(Cc2ccccc2)n2nc(-c3ccccc3)cc2n1. The van der Waals surface area contributed by atoms with Gasteiger partial charge in [0.15, 0.2) is 5.65 Å². The molecule has 4 aromatic rings. The fraction of sp³-hybridized carbons (Fsp3) is 0.100. The van der Waals surface area contributed by atoms with E-state index in [9.17, 15) is 0 Å². The van der Waals surface area contributed by atoms with Crippen molar-refractivity contribution in [2.24, 2.45) is 0 Å². The molecule has 4 rings (SSSR count). The Morgan fingerprint density at radius 3 is 2.30 bits per heavy atom. The van der Waals surface area contributed by atoms with E-state index in [0.717, 1.165) is 34.7 Å². The van der Waals surface area contributed by atoms with Crippen molar-refractivity contribution < 1.29 is 0 Å². The summed E-state index contributed by atoms with van der Waals surface area (Å²) in [5, 5.41) is 4.77. The van der Waals surface area contributed by atoms with E-state index in [4.69, 9.17) is 5.10 Å². The molecule has 0 amide bonds. The molecule has 3 nitrogen and oxygen atoms in total. The van der Waals surface area contributed by atoms with Crippen LogP contribution in [0.1, 0.15) is 17.0 Å². The van der Waals surface area contributed by atoms with E-state index in [0.29, 0.717) is 0 Å². The number of hydrogen-bond donors (Lipinski definition) is 0. The summed E-state index contributed by atoms with van der Waals surface area (Å²) in [4.78, 5) is 4.62. The van der Waals surface area contributed by atoms with Gasteiger partial charge in [-0.1, -0.05) is 60.7 Å². The Morgan fingerprint density at radius 1 is 0.870 bits per heavy atom. The summed E-state index contributed by atoms with van der Waals surface area (Å²) in [6, 6.07) is 24.9. The Morgan fingerprint density at radius 2 is 1.57 bits per heavy atom. The largest absolute Gasteiger partial charge is 0.234 e. The predicted octanol–water partition coefficient (Wildman–Crippen LogP) is 4.30. The third kappa shape index (κ3) is 2.73. The first-order valence-corrected chi connectivity index (χ1v) is 7.75. The molecule has 0 N–H and O–H groups in total. The maximum Gasteiger partial charge on any atom is 0.156 e. The van der Waals surface area contributed by atoms with Crippen molar-refractivity contribution in [1.82, 2.24) is 14.6 Å². The van der Waals surface area contributed by atoms with Crippen LogP contribution in [-0.2, 0) is 6.42 Å². The van der Waals surface area contributed by atoms with Crippen LogP contribution >= 0.6 is 0 Å². The Kier molecular flexibility index (Phi) is 3.39. The van der Waals surface area contributed by atoms with Gasteiger partial charge in [-0.25, -0.2) is 9.50 Å². The molecule has 23 heavy (non-hydrogen) atoms. The molecule has 0 spiro atoms. The summed E-state index contributed by atoms with van der Waals surface area (Å²) in [7, 11) is 0. The molecule has 0 aliphatic rings. The van der Waals surface area contributed by atoms with Crippen molar-refractivity contribution in [3.8, 4) is 11.3 Å². The van der Waals surface area contributed by atoms with Gasteiger partial charge < -0.3 is 0 Å². The van der Waals surface area contributed by atoms with Gasteiger partial charge in [-0.15, -0.1) is 0 Å². The molecule has 0 unspecified atom stereocenters. The monoisotopic (exact) mass is 299 g/mol. The lowest BCUT2D eigenvalue weighted by atomic mass is 10.1. The first kappa shape index (κ1) is 13.7. The molecule has 0 fully saturated rings. The molecule has 0 aliphatic carbocycles. The maximum absolute atomic E-state index is 4.77. The molecule has 0 radical (unpaired) electrons. The number of aryl methyl sites for hydroxylation is 1. The van der Waals surface area contributed by atoms with Crippen LogP contribution < -0.4 is 0 Å². The highest BCUT2D eigenvalue weighted by Crippen LogP contribution is 2.21. The van der Waals surface area contributed by atoms with Crippen molar-refractivity contribution in [3.05, 3.63) is 89.7 Å². The third-order valence-corrected chi connectivity index (χ3v) is 3.93. The second kappa shape index (κ2) is 5.69. The fourth-order valence-corrected chi connectivity index (χ4v) is 2.86. The molecule has 0 aliphatic heterocycles. The van der Waals surface area contributed by atoms with Gasteiger partial charge >= 0.3 is 0 Å². The minimum atomic E-state index is 0.844. The second-order valence-corrected chi connectivity index (χ2v) is 5.72. The van der Waals surface area contributed by atoms with E-state index in [2.05, 4.69) is 53.5 Å². The van der Waals surface area contributed by atoms with Gasteiger partial charge in [0.1, 0.15) is 0 Å². The highest BCUT2D eigenvalue weighted by molar-refractivity contribution is 5.64. The van der Waals surface area contributed by atoms with Crippen LogP contribution in [0.5, 0.6) is 0 Å². The highest BCUT2D eigenvalue weighted by Gasteiger charge is 2.10. The van der Waals surface area contributed by atoms with Gasteiger partial charge in [-0.3, -0.25) is 0 Å². The molecular formula is C20H17N3. The molecule has 0 saturated heterocycles. The maximum atomic E-state index is 4.77. The van der Waals surface area contributed by atoms with E-state index in [1.54, 1.807) is 0 Å². The third-order valence-electron chi connectivity index (χ3n) is 3.93. The molecule has 2 aromatic heterocycles. The van der Waals surface area contributed by atoms with E-state index in [-0.39, 0.29) is 0 Å². The van der Waals surface area contributed by atoms with Gasteiger partial charge in [0.05, 0.1) is 11.4 Å². The van der Waals surface area contributed by atoms with E-state index in [1.165, 1.54) is 5.56 Å². The average molecular weight is 299 g/mol. The number of rotatable bonds is 3. The predicted molar refractivity (Wildman–Crippen MR) is 92.4 cm³/mol. The van der Waals surface area contributed by atoms with Crippen LogP contribution in [0.2, 0.25) is 0 Å². The number of fused-ring (bicyclic) bond motifs is 1. The molecule has 0 bridgehead atoms. The molecule has 112 valence electrons. The summed E-state index contributed by atoms with van der Waals surface area (Å²) in [5.41, 5.74) is 6.41. The number of hydrogen-bond acceptors (Lipinski definition) is 2. The summed E-state index contributed by atoms with van der Waals surface area (Å²) in [6.45, 7) is 2.03. The van der Waals surface area contributed by atoms with E-state index >= 15 is 0 Å². The van der Waals surface area contributed by atoms with Crippen molar-refractivity contribution in [1.29, 1.82) is 0 Å². The number of nitrogens with zero attached hydrogens (tertiary/aromatic N) is 3. The number of aromatic nitrogens is 3. The zero-order valence-electron chi connectivity index (χ0n) is 13.0.